The summed E-state index contributed by atoms with van der Waals surface area (Å²) in [7, 11) is -2.50. The normalized spacial score (nSPS) is 11.3. The van der Waals surface area contributed by atoms with Crippen molar-refractivity contribution in [3.63, 3.8) is 0 Å². The summed E-state index contributed by atoms with van der Waals surface area (Å²) in [5.41, 5.74) is 5.17. The topological polar surface area (TPSA) is 88.1 Å². The molecule has 0 atom stereocenters. The Hall–Kier alpha value is -4.14. The molecule has 0 unspecified atom stereocenters. The maximum Gasteiger partial charge on any atom is 0.273 e. The van der Waals surface area contributed by atoms with Gasteiger partial charge in [0.25, 0.3) is 15.9 Å². The molecule has 0 aliphatic carbocycles. The standard InChI is InChI=1S/C29H26ClN3O4S/c1-21-11-17-25(18-12-21)38(35,36)33(20-22-13-15-24(30)16-14-22)27-9-5-4-8-26(27)29(34)32-31-19-23-7-3-6-10-28(23)37-2/h3-19H,20H2,1-2H3,(H,32,34)/b31-19+. The van der Waals surface area contributed by atoms with Crippen molar-refractivity contribution < 1.29 is 17.9 Å². The third-order valence-electron chi connectivity index (χ3n) is 5.77. The van der Waals surface area contributed by atoms with Crippen molar-refractivity contribution in [2.24, 2.45) is 5.10 Å². The minimum atomic E-state index is -4.04. The molecule has 7 nitrogen and oxygen atoms in total. The van der Waals surface area contributed by atoms with Gasteiger partial charge in [-0.25, -0.2) is 13.8 Å². The summed E-state index contributed by atoms with van der Waals surface area (Å²) in [5.74, 6) is 0.0381. The number of carbonyl (C=O) groups is 1. The van der Waals surface area contributed by atoms with Crippen LogP contribution < -0.4 is 14.5 Å². The van der Waals surface area contributed by atoms with E-state index in [9.17, 15) is 13.2 Å². The van der Waals surface area contributed by atoms with Gasteiger partial charge < -0.3 is 4.74 Å². The number of anilines is 1. The number of rotatable bonds is 9. The van der Waals surface area contributed by atoms with E-state index in [-0.39, 0.29) is 22.7 Å². The van der Waals surface area contributed by atoms with E-state index in [4.69, 9.17) is 16.3 Å². The molecule has 0 aliphatic rings. The van der Waals surface area contributed by atoms with Crippen LogP contribution in [0.1, 0.15) is 27.0 Å². The Morgan fingerprint density at radius 1 is 0.947 bits per heavy atom. The Balaban J connectivity index is 1.71. The number of para-hydroxylation sites is 2. The molecule has 0 aliphatic heterocycles. The predicted molar refractivity (Wildman–Crippen MR) is 150 cm³/mol. The van der Waals surface area contributed by atoms with E-state index in [1.165, 1.54) is 10.5 Å². The molecule has 1 amide bonds. The van der Waals surface area contributed by atoms with Gasteiger partial charge in [-0.05, 0) is 61.0 Å². The van der Waals surface area contributed by atoms with Crippen LogP contribution in [-0.4, -0.2) is 27.6 Å². The Morgan fingerprint density at radius 2 is 1.61 bits per heavy atom. The number of halogens is 1. The molecule has 0 radical (unpaired) electrons. The van der Waals surface area contributed by atoms with Gasteiger partial charge in [0.1, 0.15) is 5.75 Å². The third kappa shape index (κ3) is 6.22. The second-order valence-electron chi connectivity index (χ2n) is 8.41. The molecule has 4 rings (SSSR count). The average molecular weight is 548 g/mol. The third-order valence-corrected chi connectivity index (χ3v) is 7.80. The smallest absolute Gasteiger partial charge is 0.273 e. The van der Waals surface area contributed by atoms with Crippen molar-refractivity contribution in [1.82, 2.24) is 5.43 Å². The molecule has 1 N–H and O–H groups in total. The van der Waals surface area contributed by atoms with Gasteiger partial charge in [-0.1, -0.05) is 65.7 Å². The highest BCUT2D eigenvalue weighted by Crippen LogP contribution is 2.30. The minimum Gasteiger partial charge on any atom is -0.496 e. The molecule has 0 saturated heterocycles. The number of hydrogen-bond donors (Lipinski definition) is 1. The van der Waals surface area contributed by atoms with E-state index in [0.29, 0.717) is 21.9 Å². The Morgan fingerprint density at radius 3 is 2.32 bits per heavy atom. The predicted octanol–water partition coefficient (Wildman–Crippen LogP) is 5.82. The maximum absolute atomic E-state index is 13.9. The van der Waals surface area contributed by atoms with Crippen molar-refractivity contribution in [2.45, 2.75) is 18.4 Å². The summed E-state index contributed by atoms with van der Waals surface area (Å²) < 4.78 is 34.3. The first kappa shape index (κ1) is 26.9. The van der Waals surface area contributed by atoms with E-state index in [1.807, 2.05) is 19.1 Å². The number of nitrogens with one attached hydrogen (secondary N) is 1. The first-order valence-electron chi connectivity index (χ1n) is 11.7. The highest BCUT2D eigenvalue weighted by Gasteiger charge is 2.28. The van der Waals surface area contributed by atoms with Gasteiger partial charge >= 0.3 is 0 Å². The monoisotopic (exact) mass is 547 g/mol. The van der Waals surface area contributed by atoms with Crippen molar-refractivity contribution in [3.05, 3.63) is 124 Å². The van der Waals surface area contributed by atoms with Gasteiger partial charge in [0.15, 0.2) is 0 Å². The number of ether oxygens (including phenoxy) is 1. The zero-order valence-corrected chi connectivity index (χ0v) is 22.4. The van der Waals surface area contributed by atoms with E-state index in [2.05, 4.69) is 10.5 Å². The van der Waals surface area contributed by atoms with Crippen molar-refractivity contribution in [1.29, 1.82) is 0 Å². The quantitative estimate of drug-likeness (QED) is 0.211. The van der Waals surface area contributed by atoms with Crippen LogP contribution in [-0.2, 0) is 16.6 Å². The van der Waals surface area contributed by atoms with Gasteiger partial charge in [-0.15, -0.1) is 0 Å². The summed E-state index contributed by atoms with van der Waals surface area (Å²) in [6.45, 7) is 1.87. The SMILES string of the molecule is COc1ccccc1/C=N/NC(=O)c1ccccc1N(Cc1ccc(Cl)cc1)S(=O)(=O)c1ccc(C)cc1. The number of sulfonamides is 1. The fraction of sp³-hybridized carbons (Fsp3) is 0.103. The Labute approximate surface area is 227 Å². The average Bonchev–Trinajstić information content (AvgIpc) is 2.93. The first-order valence-corrected chi connectivity index (χ1v) is 13.5. The fourth-order valence-corrected chi connectivity index (χ4v) is 5.37. The maximum atomic E-state index is 13.9. The number of aryl methyl sites for hydroxylation is 1. The number of methoxy groups -OCH3 is 1. The van der Waals surface area contributed by atoms with Gasteiger partial charge in [-0.2, -0.15) is 5.10 Å². The molecular weight excluding hydrogens is 522 g/mol. The largest absolute Gasteiger partial charge is 0.496 e. The van der Waals surface area contributed by atoms with Gasteiger partial charge in [0, 0.05) is 10.6 Å². The van der Waals surface area contributed by atoms with E-state index < -0.39 is 15.9 Å². The number of amides is 1. The van der Waals surface area contributed by atoms with Crippen LogP contribution in [0.15, 0.2) is 107 Å². The highest BCUT2D eigenvalue weighted by atomic mass is 35.5. The van der Waals surface area contributed by atoms with Crippen LogP contribution in [0.5, 0.6) is 5.75 Å². The van der Waals surface area contributed by atoms with Crippen LogP contribution in [0.3, 0.4) is 0 Å². The highest BCUT2D eigenvalue weighted by molar-refractivity contribution is 7.92. The molecule has 194 valence electrons. The molecule has 0 bridgehead atoms. The zero-order chi connectivity index (χ0) is 27.1. The molecule has 0 aromatic heterocycles. The minimum absolute atomic E-state index is 0.0118. The lowest BCUT2D eigenvalue weighted by Crippen LogP contribution is -2.33. The summed E-state index contributed by atoms with van der Waals surface area (Å²) >= 11 is 6.04. The van der Waals surface area contributed by atoms with Gasteiger partial charge in [-0.3, -0.25) is 9.10 Å². The number of hydrogen-bond acceptors (Lipinski definition) is 5. The molecule has 4 aromatic rings. The second kappa shape index (κ2) is 11.9. The molecule has 0 spiro atoms. The van der Waals surface area contributed by atoms with Crippen molar-refractivity contribution in [3.8, 4) is 5.75 Å². The number of nitrogens with zero attached hydrogens (tertiary/aromatic N) is 2. The molecular formula is C29H26ClN3O4S. The second-order valence-corrected chi connectivity index (χ2v) is 10.7. The lowest BCUT2D eigenvalue weighted by Gasteiger charge is -2.26. The fourth-order valence-electron chi connectivity index (χ4n) is 3.77. The number of hydrazone groups is 1. The van der Waals surface area contributed by atoms with Crippen LogP contribution in [0.4, 0.5) is 5.69 Å². The summed E-state index contributed by atoms with van der Waals surface area (Å²) in [6, 6.07) is 27.2. The first-order chi connectivity index (χ1) is 18.3. The molecule has 4 aromatic carbocycles. The van der Waals surface area contributed by atoms with E-state index >= 15 is 0 Å². The van der Waals surface area contributed by atoms with E-state index in [0.717, 1.165) is 5.56 Å². The van der Waals surface area contributed by atoms with Crippen LogP contribution in [0.25, 0.3) is 0 Å². The summed E-state index contributed by atoms with van der Waals surface area (Å²) in [4.78, 5) is 13.3. The molecule has 0 heterocycles. The molecule has 0 saturated carbocycles. The zero-order valence-electron chi connectivity index (χ0n) is 20.8. The molecule has 9 heteroatoms. The Kier molecular flexibility index (Phi) is 8.45. The lowest BCUT2D eigenvalue weighted by molar-refractivity contribution is 0.0955. The van der Waals surface area contributed by atoms with Crippen molar-refractivity contribution >= 4 is 39.4 Å². The Bertz CT molecular complexity index is 1550. The number of carbonyl (C=O) groups excluding carboxylic acids is 1. The molecule has 38 heavy (non-hydrogen) atoms. The van der Waals surface area contributed by atoms with Crippen LogP contribution in [0, 0.1) is 6.92 Å². The molecule has 0 fully saturated rings. The van der Waals surface area contributed by atoms with Crippen LogP contribution in [0.2, 0.25) is 5.02 Å². The summed E-state index contributed by atoms with van der Waals surface area (Å²) in [5, 5.41) is 4.60. The van der Waals surface area contributed by atoms with Crippen LogP contribution >= 0.6 is 11.6 Å². The van der Waals surface area contributed by atoms with E-state index in [1.54, 1.807) is 92.0 Å². The van der Waals surface area contributed by atoms with Gasteiger partial charge in [0.05, 0.1) is 36.0 Å². The van der Waals surface area contributed by atoms with Crippen molar-refractivity contribution in [2.75, 3.05) is 11.4 Å². The van der Waals surface area contributed by atoms with Gasteiger partial charge in [0.2, 0.25) is 0 Å². The summed E-state index contributed by atoms with van der Waals surface area (Å²) in [6.07, 6.45) is 1.47. The lowest BCUT2D eigenvalue weighted by atomic mass is 10.1. The number of benzene rings is 4.